The minimum atomic E-state index is -0.339. The Balaban J connectivity index is 0.604. The Bertz CT molecular complexity index is 7490. The second-order valence-corrected chi connectivity index (χ2v) is 33.8. The number of fused-ring (bicyclic) bond motifs is 28. The number of hydrogen-bond acceptors (Lipinski definition) is 2. The Hall–Kier alpha value is -12.9. The van der Waals surface area contributed by atoms with Gasteiger partial charge >= 0.3 is 0 Å². The van der Waals surface area contributed by atoms with Crippen molar-refractivity contribution in [2.45, 2.75) is 76.5 Å². The highest BCUT2D eigenvalue weighted by atomic mass is 16.3. The van der Waals surface area contributed by atoms with E-state index in [-0.39, 0.29) is 21.7 Å². The number of rotatable bonds is 6. The van der Waals surface area contributed by atoms with Crippen LogP contribution < -0.4 is 0 Å². The van der Waals surface area contributed by atoms with Gasteiger partial charge in [-0.25, -0.2) is 0 Å². The van der Waals surface area contributed by atoms with Crippen LogP contribution >= 0.6 is 0 Å². The molecule has 20 aromatic rings. The summed E-state index contributed by atoms with van der Waals surface area (Å²) in [5, 5.41) is 19.5. The SMILES string of the molecule is CC1(C)c2cc(CC3(C)c4ccccc4-c4ccc(-c5c6ccccc6c(-c6ccc7c(c6)C(C)(C)c6ccc8oc9c%10ccccc%10ccc9c8c6-7)c6ccccc56)cc43)ccc2-c2c(-c3c4ccccc4c(-c4ccc5c(c4)C(C)(C)c4c-5ccc5oc6c7ccccc7ccc6c45)c4ccccc34)cccc21. The van der Waals surface area contributed by atoms with Crippen molar-refractivity contribution in [1.82, 2.24) is 0 Å². The van der Waals surface area contributed by atoms with Crippen LogP contribution in [-0.4, -0.2) is 0 Å². The average molecular weight is 1400 g/mol. The summed E-state index contributed by atoms with van der Waals surface area (Å²) in [6.07, 6.45) is 0.843. The van der Waals surface area contributed by atoms with Crippen molar-refractivity contribution in [1.29, 1.82) is 0 Å². The van der Waals surface area contributed by atoms with Crippen LogP contribution in [0, 0.1) is 0 Å². The molecule has 2 aromatic heterocycles. The van der Waals surface area contributed by atoms with E-state index < -0.39 is 0 Å². The van der Waals surface area contributed by atoms with Crippen molar-refractivity contribution in [3.63, 3.8) is 0 Å². The molecule has 0 aliphatic heterocycles. The number of hydrogen-bond donors (Lipinski definition) is 0. The van der Waals surface area contributed by atoms with Gasteiger partial charge in [-0.1, -0.05) is 315 Å². The first kappa shape index (κ1) is 62.2. The zero-order valence-corrected chi connectivity index (χ0v) is 62.5. The van der Waals surface area contributed by atoms with Gasteiger partial charge in [0, 0.05) is 54.0 Å². The molecule has 110 heavy (non-hydrogen) atoms. The largest absolute Gasteiger partial charge is 0.455 e. The molecule has 1 atom stereocenters. The first-order chi connectivity index (χ1) is 53.7. The lowest BCUT2D eigenvalue weighted by Crippen LogP contribution is -2.24. The van der Waals surface area contributed by atoms with Gasteiger partial charge < -0.3 is 8.83 Å². The maximum atomic E-state index is 6.81. The fourth-order valence-corrected chi connectivity index (χ4v) is 22.0. The molecular formula is C108H74O2. The van der Waals surface area contributed by atoms with E-state index >= 15 is 0 Å². The molecule has 518 valence electrons. The van der Waals surface area contributed by atoms with Gasteiger partial charge in [0.1, 0.15) is 22.3 Å². The Morgan fingerprint density at radius 1 is 0.227 bits per heavy atom. The first-order valence-electron chi connectivity index (χ1n) is 39.2. The van der Waals surface area contributed by atoms with Crippen LogP contribution in [0.1, 0.15) is 98.5 Å². The van der Waals surface area contributed by atoms with Crippen molar-refractivity contribution in [2.24, 2.45) is 0 Å². The van der Waals surface area contributed by atoms with Crippen molar-refractivity contribution in [2.75, 3.05) is 0 Å². The highest BCUT2D eigenvalue weighted by molar-refractivity contribution is 6.26. The molecule has 0 radical (unpaired) electrons. The zero-order chi connectivity index (χ0) is 73.2. The first-order valence-corrected chi connectivity index (χ1v) is 39.2. The summed E-state index contributed by atoms with van der Waals surface area (Å²) >= 11 is 0. The van der Waals surface area contributed by atoms with E-state index in [0.717, 1.165) is 39.5 Å². The molecule has 18 aromatic carbocycles. The molecule has 2 heteroatoms. The van der Waals surface area contributed by atoms with E-state index in [1.165, 1.54) is 214 Å². The summed E-state index contributed by atoms with van der Waals surface area (Å²) in [6.45, 7) is 17.1. The third-order valence-corrected chi connectivity index (χ3v) is 27.0. The fraction of sp³-hybridized carbons (Fsp3) is 0.111. The van der Waals surface area contributed by atoms with Gasteiger partial charge in [0.2, 0.25) is 0 Å². The maximum Gasteiger partial charge on any atom is 0.143 e. The molecule has 24 rings (SSSR count). The summed E-state index contributed by atoms with van der Waals surface area (Å²) in [5.74, 6) is 0. The van der Waals surface area contributed by atoms with Crippen LogP contribution in [-0.2, 0) is 28.1 Å². The van der Waals surface area contributed by atoms with E-state index in [1.807, 2.05) is 0 Å². The van der Waals surface area contributed by atoms with Crippen LogP contribution in [0.3, 0.4) is 0 Å². The molecule has 0 N–H and O–H groups in total. The van der Waals surface area contributed by atoms with Crippen molar-refractivity contribution in [3.05, 3.63) is 359 Å². The molecular weight excluding hydrogens is 1330 g/mol. The minimum Gasteiger partial charge on any atom is -0.455 e. The topological polar surface area (TPSA) is 26.3 Å². The number of benzene rings is 18. The van der Waals surface area contributed by atoms with Gasteiger partial charge in [0.15, 0.2) is 0 Å². The van der Waals surface area contributed by atoms with E-state index in [2.05, 4.69) is 358 Å². The molecule has 2 nitrogen and oxygen atoms in total. The Morgan fingerprint density at radius 2 is 0.618 bits per heavy atom. The fourth-order valence-electron chi connectivity index (χ4n) is 22.0. The lowest BCUT2D eigenvalue weighted by atomic mass is 9.73. The van der Waals surface area contributed by atoms with Crippen LogP contribution in [0.4, 0.5) is 0 Å². The lowest BCUT2D eigenvalue weighted by molar-refractivity contribution is 0.581. The molecule has 0 bridgehead atoms. The third-order valence-electron chi connectivity index (χ3n) is 27.0. The van der Waals surface area contributed by atoms with Crippen LogP contribution in [0.15, 0.2) is 318 Å². The quantitative estimate of drug-likeness (QED) is 0.155. The summed E-state index contributed by atoms with van der Waals surface area (Å²) in [6, 6.07) is 118. The van der Waals surface area contributed by atoms with Crippen molar-refractivity contribution in [3.8, 4) is 89.0 Å². The van der Waals surface area contributed by atoms with Gasteiger partial charge in [0.25, 0.3) is 0 Å². The van der Waals surface area contributed by atoms with Gasteiger partial charge in [0.05, 0.1) is 0 Å². The molecule has 2 heterocycles. The van der Waals surface area contributed by atoms with Crippen LogP contribution in [0.25, 0.3) is 198 Å². The summed E-state index contributed by atoms with van der Waals surface area (Å²) < 4.78 is 13.6. The lowest BCUT2D eigenvalue weighted by Gasteiger charge is -2.29. The molecule has 0 fully saturated rings. The summed E-state index contributed by atoms with van der Waals surface area (Å²) in [4.78, 5) is 0. The van der Waals surface area contributed by atoms with Crippen LogP contribution in [0.2, 0.25) is 0 Å². The van der Waals surface area contributed by atoms with E-state index in [4.69, 9.17) is 8.83 Å². The molecule has 0 saturated heterocycles. The minimum absolute atomic E-state index is 0.247. The van der Waals surface area contributed by atoms with Crippen molar-refractivity contribution >= 4 is 109 Å². The van der Waals surface area contributed by atoms with Gasteiger partial charge in [-0.3, -0.25) is 0 Å². The van der Waals surface area contributed by atoms with Gasteiger partial charge in [-0.05, 0) is 242 Å². The highest BCUT2D eigenvalue weighted by Gasteiger charge is 2.44. The van der Waals surface area contributed by atoms with Gasteiger partial charge in [-0.15, -0.1) is 0 Å². The van der Waals surface area contributed by atoms with E-state index in [0.29, 0.717) is 0 Å². The molecule has 0 saturated carbocycles. The second-order valence-electron chi connectivity index (χ2n) is 33.8. The molecule has 4 aliphatic rings. The Labute approximate surface area is 638 Å². The van der Waals surface area contributed by atoms with Crippen molar-refractivity contribution < 1.29 is 8.83 Å². The zero-order valence-electron chi connectivity index (χ0n) is 62.5. The molecule has 4 aliphatic carbocycles. The second kappa shape index (κ2) is 21.7. The molecule has 1 unspecified atom stereocenters. The normalized spacial score (nSPS) is 15.9. The smallest absolute Gasteiger partial charge is 0.143 e. The average Bonchev–Trinajstić information content (AvgIpc) is 1.48. The van der Waals surface area contributed by atoms with Gasteiger partial charge in [-0.2, -0.15) is 0 Å². The number of furan rings is 2. The molecule has 0 spiro atoms. The summed E-state index contributed by atoms with van der Waals surface area (Å²) in [7, 11) is 0. The standard InChI is InChI=1S/C108H74O2/c1-105(2)86-38-22-36-82(97-77-34-18-16-32-75(77)95(76-33-17-19-35-78(76)97)63-43-47-70-79-51-53-93-101(102(79)107(5,6)89(70)56-63)84-50-41-62-24-9-11-26-67(62)104(84)110-93)98(86)80-45-39-60(55-88(80)105)59-108(7)85-37-21-20-27-68(85)69-46-42-65(58-91(69)108)96-73-30-14-12-28-71(73)94(72-29-13-15-31-74(72)96)64-44-48-81-90(57-64)106(3,4)87-52-54-92-100(99(81)87)83-49-40-61-23-8-10-25-66(61)103(83)109-92/h8-58H,59H2,1-7H3. The predicted molar refractivity (Wildman–Crippen MR) is 463 cm³/mol. The Kier molecular flexibility index (Phi) is 12.3. The van der Waals surface area contributed by atoms with E-state index in [9.17, 15) is 0 Å². The van der Waals surface area contributed by atoms with Crippen LogP contribution in [0.5, 0.6) is 0 Å². The Morgan fingerprint density at radius 3 is 1.19 bits per heavy atom. The monoisotopic (exact) mass is 1400 g/mol. The highest BCUT2D eigenvalue weighted by Crippen LogP contribution is 2.61. The summed E-state index contributed by atoms with van der Waals surface area (Å²) in [5.41, 5.74) is 35.5. The third kappa shape index (κ3) is 8.07. The molecule has 0 amide bonds. The predicted octanol–water partition coefficient (Wildman–Crippen LogP) is 29.5. The van der Waals surface area contributed by atoms with E-state index in [1.54, 1.807) is 0 Å². The maximum absolute atomic E-state index is 6.81.